The van der Waals surface area contributed by atoms with Crippen LogP contribution in [-0.4, -0.2) is 75.4 Å². The maximum Gasteiger partial charge on any atom is 0.268 e. The molecular formula is C25H35N5O7S. The number of aromatic nitrogens is 1. The fourth-order valence-corrected chi connectivity index (χ4v) is 4.79. The molecule has 3 amide bonds. The Balaban J connectivity index is 1.78. The summed E-state index contributed by atoms with van der Waals surface area (Å²) < 4.78 is 30.5. The first-order valence-corrected chi connectivity index (χ1v) is 14.3. The number of methoxy groups -OCH3 is 1. The topological polar surface area (TPSA) is 176 Å². The molecule has 38 heavy (non-hydrogen) atoms. The quantitative estimate of drug-likeness (QED) is 0.241. The number of sulfonamides is 1. The number of H-pyrrole nitrogens is 1. The molecule has 1 unspecified atom stereocenters. The van der Waals surface area contributed by atoms with Gasteiger partial charge in [0.1, 0.15) is 17.5 Å². The summed E-state index contributed by atoms with van der Waals surface area (Å²) in [7, 11) is -2.12. The van der Waals surface area contributed by atoms with Gasteiger partial charge in [-0.15, -0.1) is 0 Å². The van der Waals surface area contributed by atoms with Gasteiger partial charge in [0.15, 0.2) is 5.78 Å². The van der Waals surface area contributed by atoms with Crippen LogP contribution in [-0.2, 0) is 24.4 Å². The maximum atomic E-state index is 13.3. The molecule has 5 N–H and O–H groups in total. The third-order valence-electron chi connectivity index (χ3n) is 6.31. The van der Waals surface area contributed by atoms with Crippen LogP contribution in [0.4, 0.5) is 0 Å². The van der Waals surface area contributed by atoms with Gasteiger partial charge in [0.05, 0.1) is 26.0 Å². The number of ketones is 1. The van der Waals surface area contributed by atoms with Crippen LogP contribution in [0.25, 0.3) is 10.9 Å². The Morgan fingerprint density at radius 3 is 2.50 bits per heavy atom. The van der Waals surface area contributed by atoms with Crippen molar-refractivity contribution in [3.05, 3.63) is 30.0 Å². The van der Waals surface area contributed by atoms with E-state index in [1.807, 2.05) is 13.8 Å². The van der Waals surface area contributed by atoms with Crippen molar-refractivity contribution in [2.24, 2.45) is 11.8 Å². The van der Waals surface area contributed by atoms with Gasteiger partial charge in [0, 0.05) is 23.4 Å². The van der Waals surface area contributed by atoms with E-state index in [1.165, 1.54) is 7.11 Å². The highest BCUT2D eigenvalue weighted by Gasteiger charge is 2.33. The molecule has 1 aromatic carbocycles. The van der Waals surface area contributed by atoms with Crippen molar-refractivity contribution >= 4 is 44.4 Å². The number of Topliss-reactive ketones (excluding diaryl/α,β-unsaturated/α-hetero) is 1. The summed E-state index contributed by atoms with van der Waals surface area (Å²) in [4.78, 5) is 54.5. The molecule has 208 valence electrons. The molecule has 0 saturated carbocycles. The highest BCUT2D eigenvalue weighted by atomic mass is 32.2. The van der Waals surface area contributed by atoms with Crippen LogP contribution in [0, 0.1) is 11.8 Å². The van der Waals surface area contributed by atoms with Crippen molar-refractivity contribution in [3.8, 4) is 5.75 Å². The standard InChI is InChI=1S/C25H35N5O7S/c1-14(2)10-19(30-25(34)20-12-16-17(28-20)6-5-7-22(16)37-3)24(33)29-18(11-15-8-9-26-23(15)32)21(31)13-27-38(4,35)36/h5-7,12,14-15,18-19,27-28H,8-11,13H2,1-4H3,(H,26,32)(H,29,33)(H,30,34)/t15-,18-,19?/m0/s1. The van der Waals surface area contributed by atoms with Gasteiger partial charge in [-0.3, -0.25) is 19.2 Å². The molecule has 1 saturated heterocycles. The minimum absolute atomic E-state index is 0.0198. The summed E-state index contributed by atoms with van der Waals surface area (Å²) in [6.45, 7) is 3.71. The van der Waals surface area contributed by atoms with Crippen LogP contribution in [0.15, 0.2) is 24.3 Å². The van der Waals surface area contributed by atoms with E-state index in [0.29, 0.717) is 29.6 Å². The first kappa shape index (κ1) is 29.1. The van der Waals surface area contributed by atoms with E-state index in [2.05, 4.69) is 25.7 Å². The lowest BCUT2D eigenvalue weighted by Gasteiger charge is -2.25. The number of ether oxygens (including phenoxy) is 1. The van der Waals surface area contributed by atoms with Crippen molar-refractivity contribution < 1.29 is 32.3 Å². The molecule has 2 aromatic rings. The van der Waals surface area contributed by atoms with Crippen LogP contribution in [0.5, 0.6) is 5.75 Å². The van der Waals surface area contributed by atoms with Gasteiger partial charge >= 0.3 is 0 Å². The molecule has 2 heterocycles. The fourth-order valence-electron chi connectivity index (χ4n) is 4.39. The van der Waals surface area contributed by atoms with E-state index in [1.54, 1.807) is 24.3 Å². The monoisotopic (exact) mass is 549 g/mol. The molecule has 0 radical (unpaired) electrons. The number of carbonyl (C=O) groups is 4. The summed E-state index contributed by atoms with van der Waals surface area (Å²) in [5.41, 5.74) is 0.928. The lowest BCUT2D eigenvalue weighted by atomic mass is 9.95. The highest BCUT2D eigenvalue weighted by molar-refractivity contribution is 7.88. The maximum absolute atomic E-state index is 13.3. The van der Waals surface area contributed by atoms with E-state index in [0.717, 1.165) is 6.26 Å². The summed E-state index contributed by atoms with van der Waals surface area (Å²) in [6.07, 6.45) is 1.72. The number of hydrogen-bond acceptors (Lipinski definition) is 7. The van der Waals surface area contributed by atoms with Crippen LogP contribution in [0.1, 0.15) is 43.6 Å². The minimum Gasteiger partial charge on any atom is -0.496 e. The van der Waals surface area contributed by atoms with Gasteiger partial charge in [-0.2, -0.15) is 0 Å². The zero-order chi connectivity index (χ0) is 28.0. The molecular weight excluding hydrogens is 514 g/mol. The number of benzene rings is 1. The molecule has 1 fully saturated rings. The summed E-state index contributed by atoms with van der Waals surface area (Å²) in [6, 6.07) is 4.89. The third-order valence-corrected chi connectivity index (χ3v) is 6.98. The number of amides is 3. The number of hydrogen-bond donors (Lipinski definition) is 5. The largest absolute Gasteiger partial charge is 0.496 e. The van der Waals surface area contributed by atoms with E-state index >= 15 is 0 Å². The zero-order valence-corrected chi connectivity index (χ0v) is 22.7. The molecule has 12 nitrogen and oxygen atoms in total. The number of fused-ring (bicyclic) bond motifs is 1. The lowest BCUT2D eigenvalue weighted by molar-refractivity contribution is -0.130. The predicted molar refractivity (Wildman–Crippen MR) is 141 cm³/mol. The second kappa shape index (κ2) is 12.4. The van der Waals surface area contributed by atoms with Crippen LogP contribution < -0.4 is 25.4 Å². The van der Waals surface area contributed by atoms with Gasteiger partial charge in [-0.05, 0) is 43.4 Å². The number of rotatable bonds is 13. The van der Waals surface area contributed by atoms with Gasteiger partial charge in [-0.25, -0.2) is 13.1 Å². The van der Waals surface area contributed by atoms with Crippen molar-refractivity contribution in [3.63, 3.8) is 0 Å². The summed E-state index contributed by atoms with van der Waals surface area (Å²) in [5.74, 6) is -1.81. The molecule has 0 spiro atoms. The molecule has 3 atom stereocenters. The molecule has 0 bridgehead atoms. The Kier molecular flexibility index (Phi) is 9.50. The Hall–Kier alpha value is -3.45. The summed E-state index contributed by atoms with van der Waals surface area (Å²) >= 11 is 0. The highest BCUT2D eigenvalue weighted by Crippen LogP contribution is 2.26. The molecule has 1 aromatic heterocycles. The van der Waals surface area contributed by atoms with Crippen LogP contribution >= 0.6 is 0 Å². The Morgan fingerprint density at radius 2 is 1.89 bits per heavy atom. The zero-order valence-electron chi connectivity index (χ0n) is 21.9. The van der Waals surface area contributed by atoms with E-state index in [9.17, 15) is 27.6 Å². The Morgan fingerprint density at radius 1 is 1.16 bits per heavy atom. The molecule has 3 rings (SSSR count). The minimum atomic E-state index is -3.65. The average molecular weight is 550 g/mol. The molecule has 1 aliphatic rings. The van der Waals surface area contributed by atoms with Gasteiger partial charge in [0.2, 0.25) is 21.8 Å². The number of carbonyl (C=O) groups excluding carboxylic acids is 4. The van der Waals surface area contributed by atoms with E-state index < -0.39 is 52.2 Å². The smallest absolute Gasteiger partial charge is 0.268 e. The molecule has 13 heteroatoms. The third kappa shape index (κ3) is 7.78. The van der Waals surface area contributed by atoms with E-state index in [-0.39, 0.29) is 30.4 Å². The predicted octanol–water partition coefficient (Wildman–Crippen LogP) is 0.450. The second-order valence-corrected chi connectivity index (χ2v) is 11.7. The number of aromatic amines is 1. The van der Waals surface area contributed by atoms with Crippen molar-refractivity contribution in [2.45, 2.75) is 45.2 Å². The van der Waals surface area contributed by atoms with Crippen LogP contribution in [0.2, 0.25) is 0 Å². The van der Waals surface area contributed by atoms with Gasteiger partial charge < -0.3 is 25.7 Å². The fraction of sp³-hybridized carbons (Fsp3) is 0.520. The summed E-state index contributed by atoms with van der Waals surface area (Å²) in [5, 5.41) is 8.80. The lowest BCUT2D eigenvalue weighted by Crippen LogP contribution is -2.54. The van der Waals surface area contributed by atoms with Gasteiger partial charge in [-0.1, -0.05) is 19.9 Å². The van der Waals surface area contributed by atoms with Crippen molar-refractivity contribution in [2.75, 3.05) is 26.5 Å². The van der Waals surface area contributed by atoms with E-state index in [4.69, 9.17) is 4.74 Å². The average Bonchev–Trinajstić information content (AvgIpc) is 3.46. The number of nitrogens with one attached hydrogen (secondary N) is 5. The first-order chi connectivity index (χ1) is 17.9. The molecule has 0 aliphatic carbocycles. The van der Waals surface area contributed by atoms with Crippen LogP contribution in [0.3, 0.4) is 0 Å². The van der Waals surface area contributed by atoms with Gasteiger partial charge in [0.25, 0.3) is 5.91 Å². The normalized spacial score (nSPS) is 17.2. The Bertz CT molecular complexity index is 1300. The Labute approximate surface area is 221 Å². The first-order valence-electron chi connectivity index (χ1n) is 12.4. The SMILES string of the molecule is COc1cccc2[nH]c(C(=O)NC(CC(C)C)C(=O)N[C@@H](C[C@@H]3CCNC3=O)C(=O)CNS(C)(=O)=O)cc12. The van der Waals surface area contributed by atoms with Crippen molar-refractivity contribution in [1.82, 2.24) is 25.7 Å². The second-order valence-electron chi connectivity index (χ2n) is 9.89. The van der Waals surface area contributed by atoms with Crippen molar-refractivity contribution in [1.29, 1.82) is 0 Å². The molecule has 1 aliphatic heterocycles.